The highest BCUT2D eigenvalue weighted by Crippen LogP contribution is 2.38. The van der Waals surface area contributed by atoms with Crippen LogP contribution in [0.2, 0.25) is 5.02 Å². The Kier molecular flexibility index (Phi) is 4.21. The SMILES string of the molecule is O=C1c2ccccc2C(Cc2cnccc2Cl)N1Cc1ccc2[nH]c(=O)oc2c1. The molecule has 6 nitrogen and oxygen atoms in total. The molecule has 1 amide bonds. The van der Waals surface area contributed by atoms with Crippen molar-refractivity contribution < 1.29 is 9.21 Å². The molecule has 2 aromatic carbocycles. The van der Waals surface area contributed by atoms with Crippen LogP contribution in [0, 0.1) is 0 Å². The van der Waals surface area contributed by atoms with E-state index in [-0.39, 0.29) is 11.9 Å². The van der Waals surface area contributed by atoms with Crippen molar-refractivity contribution >= 4 is 28.6 Å². The minimum Gasteiger partial charge on any atom is -0.408 e. The summed E-state index contributed by atoms with van der Waals surface area (Å²) in [5, 5.41) is 0.632. The zero-order chi connectivity index (χ0) is 20.0. The zero-order valence-electron chi connectivity index (χ0n) is 15.3. The van der Waals surface area contributed by atoms with Crippen LogP contribution in [0.5, 0.6) is 0 Å². The fourth-order valence-electron chi connectivity index (χ4n) is 3.90. The lowest BCUT2D eigenvalue weighted by molar-refractivity contribution is 0.0709. The molecule has 0 saturated carbocycles. The van der Waals surface area contributed by atoms with Gasteiger partial charge in [-0.1, -0.05) is 35.9 Å². The summed E-state index contributed by atoms with van der Waals surface area (Å²) in [6.07, 6.45) is 3.96. The van der Waals surface area contributed by atoms with Gasteiger partial charge in [0, 0.05) is 35.9 Å². The van der Waals surface area contributed by atoms with E-state index in [1.807, 2.05) is 35.2 Å². The van der Waals surface area contributed by atoms with Crippen LogP contribution in [-0.2, 0) is 13.0 Å². The van der Waals surface area contributed by atoms with E-state index in [0.717, 1.165) is 16.7 Å². The molecule has 4 aromatic rings. The molecular weight excluding hydrogens is 390 g/mol. The Morgan fingerprint density at radius 2 is 2.00 bits per heavy atom. The van der Waals surface area contributed by atoms with Gasteiger partial charge in [0.05, 0.1) is 11.6 Å². The van der Waals surface area contributed by atoms with Crippen LogP contribution in [0.4, 0.5) is 0 Å². The Labute approximate surface area is 170 Å². The number of rotatable bonds is 4. The van der Waals surface area contributed by atoms with Gasteiger partial charge in [-0.2, -0.15) is 0 Å². The first-order chi connectivity index (χ1) is 14.1. The maximum absolute atomic E-state index is 13.2. The summed E-state index contributed by atoms with van der Waals surface area (Å²) in [5.41, 5.74) is 4.56. The van der Waals surface area contributed by atoms with Gasteiger partial charge in [-0.3, -0.25) is 14.8 Å². The standard InChI is InChI=1S/C22H16ClN3O3/c23-17-7-8-24-11-14(17)10-19-15-3-1-2-4-16(15)21(27)26(19)12-13-5-6-18-20(9-13)29-22(28)25-18/h1-9,11,19H,10,12H2,(H,25,28). The van der Waals surface area contributed by atoms with Crippen LogP contribution in [0.15, 0.2) is 70.1 Å². The summed E-state index contributed by atoms with van der Waals surface area (Å²) < 4.78 is 5.16. The van der Waals surface area contributed by atoms with Gasteiger partial charge < -0.3 is 9.32 Å². The minimum atomic E-state index is -0.495. The van der Waals surface area contributed by atoms with Gasteiger partial charge in [-0.05, 0) is 41.0 Å². The monoisotopic (exact) mass is 405 g/mol. The third-order valence-electron chi connectivity index (χ3n) is 5.28. The van der Waals surface area contributed by atoms with Crippen LogP contribution in [0.25, 0.3) is 11.1 Å². The second-order valence-corrected chi connectivity index (χ2v) is 7.46. The average molecular weight is 406 g/mol. The van der Waals surface area contributed by atoms with E-state index in [1.54, 1.807) is 30.6 Å². The molecule has 1 N–H and O–H groups in total. The van der Waals surface area contributed by atoms with Crippen LogP contribution in [-0.4, -0.2) is 20.8 Å². The molecule has 3 heterocycles. The lowest BCUT2D eigenvalue weighted by Gasteiger charge is -2.26. The number of hydrogen-bond acceptors (Lipinski definition) is 4. The number of benzene rings is 2. The highest BCUT2D eigenvalue weighted by molar-refractivity contribution is 6.31. The Hall–Kier alpha value is -3.38. The number of amides is 1. The first kappa shape index (κ1) is 17.7. The number of pyridine rings is 1. The summed E-state index contributed by atoms with van der Waals surface area (Å²) in [5.74, 6) is -0.521. The summed E-state index contributed by atoms with van der Waals surface area (Å²) in [4.78, 5) is 33.2. The van der Waals surface area contributed by atoms with Gasteiger partial charge in [0.2, 0.25) is 0 Å². The first-order valence-electron chi connectivity index (χ1n) is 9.20. The van der Waals surface area contributed by atoms with E-state index in [0.29, 0.717) is 34.7 Å². The number of aromatic amines is 1. The quantitative estimate of drug-likeness (QED) is 0.554. The van der Waals surface area contributed by atoms with Crippen molar-refractivity contribution in [2.24, 2.45) is 0 Å². The van der Waals surface area contributed by atoms with Gasteiger partial charge in [0.1, 0.15) is 0 Å². The molecule has 0 spiro atoms. The second kappa shape index (κ2) is 6.90. The Morgan fingerprint density at radius 1 is 1.14 bits per heavy atom. The largest absolute Gasteiger partial charge is 0.417 e. The molecule has 2 aromatic heterocycles. The number of carbonyl (C=O) groups is 1. The maximum Gasteiger partial charge on any atom is 0.417 e. The van der Waals surface area contributed by atoms with Crippen LogP contribution in [0.1, 0.15) is 33.1 Å². The fraction of sp³-hybridized carbons (Fsp3) is 0.136. The van der Waals surface area contributed by atoms with E-state index in [2.05, 4.69) is 9.97 Å². The lowest BCUT2D eigenvalue weighted by atomic mass is 9.99. The molecule has 1 unspecified atom stereocenters. The predicted octanol–water partition coefficient (Wildman–Crippen LogP) is 4.11. The first-order valence-corrected chi connectivity index (χ1v) is 9.58. The van der Waals surface area contributed by atoms with Gasteiger partial charge in [0.25, 0.3) is 5.91 Å². The molecule has 144 valence electrons. The average Bonchev–Trinajstić information content (AvgIpc) is 3.21. The van der Waals surface area contributed by atoms with E-state index in [1.165, 1.54) is 0 Å². The summed E-state index contributed by atoms with van der Waals surface area (Å²) in [7, 11) is 0. The summed E-state index contributed by atoms with van der Waals surface area (Å²) in [6, 6.07) is 14.7. The van der Waals surface area contributed by atoms with Crippen LogP contribution >= 0.6 is 11.6 Å². The molecule has 0 aliphatic carbocycles. The Morgan fingerprint density at radius 3 is 2.86 bits per heavy atom. The van der Waals surface area contributed by atoms with Crippen molar-refractivity contribution in [2.45, 2.75) is 19.0 Å². The summed E-state index contributed by atoms with van der Waals surface area (Å²) in [6.45, 7) is 0.390. The molecule has 1 aliphatic heterocycles. The molecule has 0 fully saturated rings. The molecule has 5 rings (SSSR count). The van der Waals surface area contributed by atoms with Gasteiger partial charge >= 0.3 is 5.76 Å². The molecule has 1 aliphatic rings. The number of aromatic nitrogens is 2. The number of oxazole rings is 1. The maximum atomic E-state index is 13.2. The molecular formula is C22H16ClN3O3. The van der Waals surface area contributed by atoms with Crippen molar-refractivity contribution in [3.8, 4) is 0 Å². The van der Waals surface area contributed by atoms with Crippen molar-refractivity contribution in [3.05, 3.63) is 98.8 Å². The Bertz CT molecular complexity index is 1290. The van der Waals surface area contributed by atoms with E-state index >= 15 is 0 Å². The number of nitrogens with one attached hydrogen (secondary N) is 1. The number of hydrogen-bond donors (Lipinski definition) is 1. The van der Waals surface area contributed by atoms with Crippen LogP contribution in [0.3, 0.4) is 0 Å². The van der Waals surface area contributed by atoms with Gasteiger partial charge in [0.15, 0.2) is 5.58 Å². The normalized spacial score (nSPS) is 15.8. The van der Waals surface area contributed by atoms with Crippen molar-refractivity contribution in [2.75, 3.05) is 0 Å². The van der Waals surface area contributed by atoms with E-state index in [9.17, 15) is 9.59 Å². The molecule has 1 atom stereocenters. The van der Waals surface area contributed by atoms with Crippen molar-refractivity contribution in [1.29, 1.82) is 0 Å². The van der Waals surface area contributed by atoms with Gasteiger partial charge in [-0.25, -0.2) is 4.79 Å². The van der Waals surface area contributed by atoms with Gasteiger partial charge in [-0.15, -0.1) is 0 Å². The third kappa shape index (κ3) is 3.11. The summed E-state index contributed by atoms with van der Waals surface area (Å²) >= 11 is 6.35. The fourth-order valence-corrected chi connectivity index (χ4v) is 4.08. The van der Waals surface area contributed by atoms with Crippen molar-refractivity contribution in [3.63, 3.8) is 0 Å². The zero-order valence-corrected chi connectivity index (χ0v) is 16.0. The Balaban J connectivity index is 1.53. The second-order valence-electron chi connectivity index (χ2n) is 7.05. The van der Waals surface area contributed by atoms with Crippen molar-refractivity contribution in [1.82, 2.24) is 14.9 Å². The number of H-pyrrole nitrogens is 1. The van der Waals surface area contributed by atoms with Crippen LogP contribution < -0.4 is 5.76 Å². The lowest BCUT2D eigenvalue weighted by Crippen LogP contribution is -2.29. The predicted molar refractivity (Wildman–Crippen MR) is 109 cm³/mol. The minimum absolute atomic E-state index is 0.0266. The topological polar surface area (TPSA) is 79.2 Å². The molecule has 0 radical (unpaired) electrons. The highest BCUT2D eigenvalue weighted by atomic mass is 35.5. The highest BCUT2D eigenvalue weighted by Gasteiger charge is 2.36. The van der Waals surface area contributed by atoms with E-state index in [4.69, 9.17) is 16.0 Å². The smallest absolute Gasteiger partial charge is 0.408 e. The number of fused-ring (bicyclic) bond motifs is 2. The molecule has 0 bridgehead atoms. The van der Waals surface area contributed by atoms with E-state index < -0.39 is 5.76 Å². The number of halogens is 1. The molecule has 0 saturated heterocycles. The molecule has 7 heteroatoms. The number of nitrogens with zero attached hydrogens (tertiary/aromatic N) is 2. The molecule has 29 heavy (non-hydrogen) atoms. The third-order valence-corrected chi connectivity index (χ3v) is 5.65. The number of carbonyl (C=O) groups excluding carboxylic acids is 1.